The fraction of sp³-hybridized carbons (Fsp3) is 0.270. The van der Waals surface area contributed by atoms with Crippen LogP contribution in [0.15, 0.2) is 97.6 Å². The zero-order chi connectivity index (χ0) is 29.9. The zero-order valence-electron chi connectivity index (χ0n) is 24.9. The lowest BCUT2D eigenvalue weighted by atomic mass is 10.0. The number of aliphatic hydroxyl groups excluding tert-OH is 1. The molecule has 0 atom stereocenters. The van der Waals surface area contributed by atoms with E-state index in [1.165, 1.54) is 5.56 Å². The first kappa shape index (κ1) is 30.6. The molecule has 0 spiro atoms. The highest BCUT2D eigenvalue weighted by molar-refractivity contribution is 5.98. The van der Waals surface area contributed by atoms with E-state index in [0.29, 0.717) is 43.4 Å². The van der Waals surface area contributed by atoms with Crippen LogP contribution in [0, 0.1) is 0 Å². The van der Waals surface area contributed by atoms with Crippen molar-refractivity contribution in [1.29, 1.82) is 0 Å². The van der Waals surface area contributed by atoms with Crippen molar-refractivity contribution in [2.24, 2.45) is 0 Å². The second-order valence-electron chi connectivity index (χ2n) is 10.3. The first-order valence-corrected chi connectivity index (χ1v) is 14.7. The molecule has 0 radical (unpaired) electrons. The van der Waals surface area contributed by atoms with Gasteiger partial charge in [-0.2, -0.15) is 0 Å². The van der Waals surface area contributed by atoms with Crippen LogP contribution in [0.5, 0.6) is 11.5 Å². The van der Waals surface area contributed by atoms with Gasteiger partial charge < -0.3 is 19.5 Å². The fourth-order valence-corrected chi connectivity index (χ4v) is 4.97. The molecule has 0 saturated carbocycles. The van der Waals surface area contributed by atoms with E-state index in [-0.39, 0.29) is 12.5 Å². The van der Waals surface area contributed by atoms with Crippen molar-refractivity contribution >= 4 is 11.5 Å². The minimum absolute atomic E-state index is 0.0896. The van der Waals surface area contributed by atoms with Gasteiger partial charge >= 0.3 is 0 Å². The van der Waals surface area contributed by atoms with Crippen molar-refractivity contribution in [3.8, 4) is 11.5 Å². The number of benzene rings is 4. The van der Waals surface area contributed by atoms with E-state index < -0.39 is 0 Å². The minimum Gasteiger partial charge on any atom is -0.488 e. The highest BCUT2D eigenvalue weighted by Gasteiger charge is 2.28. The summed E-state index contributed by atoms with van der Waals surface area (Å²) in [4.78, 5) is 15.9. The van der Waals surface area contributed by atoms with Gasteiger partial charge in [0.25, 0.3) is 5.91 Å². The summed E-state index contributed by atoms with van der Waals surface area (Å²) in [6.07, 6.45) is 1.55. The van der Waals surface area contributed by atoms with Crippen LogP contribution < -0.4 is 9.47 Å². The number of allylic oxidation sites excluding steroid dienone is 1. The zero-order valence-corrected chi connectivity index (χ0v) is 24.9. The molecule has 1 N–H and O–H groups in total. The topological polar surface area (TPSA) is 59.0 Å². The monoisotopic (exact) mass is 563 g/mol. The molecule has 0 saturated heterocycles. The van der Waals surface area contributed by atoms with Crippen molar-refractivity contribution in [1.82, 2.24) is 4.90 Å². The molecular weight excluding hydrogens is 522 g/mol. The molecule has 0 aromatic heterocycles. The summed E-state index contributed by atoms with van der Waals surface area (Å²) in [5, 5.41) is 9.20. The highest BCUT2D eigenvalue weighted by Crippen LogP contribution is 2.36. The minimum atomic E-state index is -0.0896. The summed E-state index contributed by atoms with van der Waals surface area (Å²) in [7, 11) is 0. The predicted octanol–water partition coefficient (Wildman–Crippen LogP) is 7.98. The van der Waals surface area contributed by atoms with Crippen molar-refractivity contribution in [3.63, 3.8) is 0 Å². The third-order valence-electron chi connectivity index (χ3n) is 7.15. The molecule has 0 fully saturated rings. The van der Waals surface area contributed by atoms with Crippen LogP contribution in [-0.2, 0) is 32.7 Å². The maximum Gasteiger partial charge on any atom is 0.258 e. The number of rotatable bonds is 11. The molecule has 1 aliphatic heterocycles. The molecule has 4 aromatic rings. The van der Waals surface area contributed by atoms with Gasteiger partial charge in [0.15, 0.2) is 0 Å². The summed E-state index contributed by atoms with van der Waals surface area (Å²) in [5.74, 6) is 1.03. The molecule has 4 aromatic carbocycles. The number of aliphatic hydroxyl groups is 1. The first-order chi connectivity index (χ1) is 20.5. The van der Waals surface area contributed by atoms with Crippen LogP contribution in [0.2, 0.25) is 0 Å². The second-order valence-corrected chi connectivity index (χ2v) is 10.3. The lowest BCUT2D eigenvalue weighted by Gasteiger charge is -2.21. The molecule has 1 heterocycles. The Balaban J connectivity index is 0.00000198. The fourth-order valence-electron chi connectivity index (χ4n) is 4.97. The van der Waals surface area contributed by atoms with Crippen molar-refractivity contribution in [2.45, 2.75) is 59.9 Å². The first-order valence-electron chi connectivity index (χ1n) is 14.7. The summed E-state index contributed by atoms with van der Waals surface area (Å²) in [6.45, 7) is 12.1. The summed E-state index contributed by atoms with van der Waals surface area (Å²) in [6, 6.07) is 29.9. The van der Waals surface area contributed by atoms with Gasteiger partial charge in [0.05, 0.1) is 5.56 Å². The number of nitrogens with zero attached hydrogens (tertiary/aromatic N) is 1. The second kappa shape index (κ2) is 15.0. The third kappa shape index (κ3) is 7.68. The Morgan fingerprint density at radius 3 is 1.90 bits per heavy atom. The number of fused-ring (bicyclic) bond motifs is 1. The van der Waals surface area contributed by atoms with E-state index >= 15 is 0 Å². The Hall–Kier alpha value is -4.35. The molecule has 42 heavy (non-hydrogen) atoms. The van der Waals surface area contributed by atoms with Gasteiger partial charge in [0, 0.05) is 31.3 Å². The lowest BCUT2D eigenvalue weighted by molar-refractivity contribution is 0.0746. The van der Waals surface area contributed by atoms with E-state index in [2.05, 4.69) is 24.8 Å². The quantitative estimate of drug-likeness (QED) is 0.201. The van der Waals surface area contributed by atoms with Crippen LogP contribution in [-0.4, -0.2) is 22.5 Å². The molecule has 1 amide bonds. The van der Waals surface area contributed by atoms with E-state index in [0.717, 1.165) is 46.2 Å². The maximum atomic E-state index is 14.0. The normalized spacial score (nSPS) is 11.8. The Bertz CT molecular complexity index is 1480. The summed E-state index contributed by atoms with van der Waals surface area (Å²) < 4.78 is 12.5. The summed E-state index contributed by atoms with van der Waals surface area (Å²) in [5.41, 5.74) is 7.64. The number of carbonyl (C=O) groups is 1. The number of amides is 1. The number of hydrogen-bond donors (Lipinski definition) is 1. The van der Waals surface area contributed by atoms with Crippen molar-refractivity contribution < 1.29 is 19.4 Å². The lowest BCUT2D eigenvalue weighted by Crippen LogP contribution is -2.26. The van der Waals surface area contributed by atoms with Crippen LogP contribution in [0.25, 0.3) is 5.57 Å². The van der Waals surface area contributed by atoms with Crippen LogP contribution in [0.3, 0.4) is 0 Å². The smallest absolute Gasteiger partial charge is 0.258 e. The third-order valence-corrected chi connectivity index (χ3v) is 7.15. The van der Waals surface area contributed by atoms with Gasteiger partial charge in [-0.25, -0.2) is 0 Å². The Kier molecular flexibility index (Phi) is 11.0. The average Bonchev–Trinajstić information content (AvgIpc) is 3.47. The SMILES string of the molecule is C=C(C)c1cc(C(=O)N2Cc3ccc(CCCO)cc3C2)c(OCc2ccccc2)cc1OCc1ccccc1.CC. The van der Waals surface area contributed by atoms with Crippen LogP contribution in [0.1, 0.15) is 70.9 Å². The molecule has 0 aliphatic carbocycles. The van der Waals surface area contributed by atoms with E-state index in [4.69, 9.17) is 9.47 Å². The van der Waals surface area contributed by atoms with Gasteiger partial charge in [-0.1, -0.05) is 99.3 Å². The van der Waals surface area contributed by atoms with E-state index in [9.17, 15) is 9.90 Å². The Labute approximate surface area is 250 Å². The molecule has 0 bridgehead atoms. The van der Waals surface area contributed by atoms with E-state index in [1.54, 1.807) is 0 Å². The molecule has 5 rings (SSSR count). The standard InChI is InChI=1S/C35H35NO4.C2H6/c1-25(2)31-19-32(35(38)36-21-29-16-15-26(14-9-17-37)18-30(29)22-36)34(40-24-28-12-7-4-8-13-28)20-33(31)39-23-27-10-5-3-6-11-27;1-2/h3-8,10-13,15-16,18-20,37H,1,9,14,17,21-24H2,2H3;1-2H3. The molecule has 1 aliphatic rings. The van der Waals surface area contributed by atoms with Gasteiger partial charge in [0.1, 0.15) is 24.7 Å². The number of aryl methyl sites for hydroxylation is 1. The van der Waals surface area contributed by atoms with Crippen molar-refractivity contribution in [3.05, 3.63) is 137 Å². The molecule has 218 valence electrons. The number of carbonyl (C=O) groups excluding carboxylic acids is 1. The van der Waals surface area contributed by atoms with Gasteiger partial charge in [-0.05, 0) is 59.2 Å². The predicted molar refractivity (Wildman–Crippen MR) is 169 cm³/mol. The van der Waals surface area contributed by atoms with Crippen LogP contribution in [0.4, 0.5) is 0 Å². The van der Waals surface area contributed by atoms with Crippen LogP contribution >= 0.6 is 0 Å². The molecule has 5 nitrogen and oxygen atoms in total. The summed E-state index contributed by atoms with van der Waals surface area (Å²) >= 11 is 0. The molecular formula is C37H41NO4. The van der Waals surface area contributed by atoms with E-state index in [1.807, 2.05) is 98.5 Å². The van der Waals surface area contributed by atoms with Crippen molar-refractivity contribution in [2.75, 3.05) is 6.61 Å². The molecule has 5 heteroatoms. The largest absolute Gasteiger partial charge is 0.488 e. The Morgan fingerprint density at radius 1 is 0.762 bits per heavy atom. The number of hydrogen-bond acceptors (Lipinski definition) is 4. The Morgan fingerprint density at radius 2 is 1.33 bits per heavy atom. The average molecular weight is 564 g/mol. The maximum absolute atomic E-state index is 14.0. The van der Waals surface area contributed by atoms with Gasteiger partial charge in [0.2, 0.25) is 0 Å². The highest BCUT2D eigenvalue weighted by atomic mass is 16.5. The van der Waals surface area contributed by atoms with Gasteiger partial charge in [-0.3, -0.25) is 4.79 Å². The number of ether oxygens (including phenoxy) is 2. The van der Waals surface area contributed by atoms with Gasteiger partial charge in [-0.15, -0.1) is 0 Å². The molecule has 0 unspecified atom stereocenters.